The lowest BCUT2D eigenvalue weighted by atomic mass is 9.90. The molecule has 1 nitrogen and oxygen atoms in total. The molecule has 1 aliphatic carbocycles. The van der Waals surface area contributed by atoms with E-state index in [0.717, 1.165) is 24.0 Å². The number of rotatable bonds is 1. The zero-order valence-corrected chi connectivity index (χ0v) is 8.72. The maximum atomic E-state index is 13.1. The number of allylic oxidation sites excluding steroid dienone is 2. The van der Waals surface area contributed by atoms with E-state index in [0.29, 0.717) is 12.0 Å². The number of halogens is 1. The van der Waals surface area contributed by atoms with Gasteiger partial charge in [-0.05, 0) is 43.0 Å². The van der Waals surface area contributed by atoms with Crippen molar-refractivity contribution in [2.45, 2.75) is 26.2 Å². The molecule has 0 bridgehead atoms. The van der Waals surface area contributed by atoms with Crippen molar-refractivity contribution in [3.05, 3.63) is 41.2 Å². The van der Waals surface area contributed by atoms with E-state index >= 15 is 0 Å². The first-order valence-electron chi connectivity index (χ1n) is 5.18. The minimum Gasteiger partial charge on any atom is -0.294 e. The van der Waals surface area contributed by atoms with Gasteiger partial charge in [0, 0.05) is 12.0 Å². The van der Waals surface area contributed by atoms with Crippen LogP contribution in [0.25, 0.3) is 5.57 Å². The third-order valence-electron chi connectivity index (χ3n) is 2.75. The highest BCUT2D eigenvalue weighted by Gasteiger charge is 2.17. The molecule has 0 spiro atoms. The second-order valence-corrected chi connectivity index (χ2v) is 3.89. The Morgan fingerprint density at radius 3 is 2.87 bits per heavy atom. The average molecular weight is 204 g/mol. The highest BCUT2D eigenvalue weighted by molar-refractivity contribution is 6.21. The van der Waals surface area contributed by atoms with Gasteiger partial charge in [-0.2, -0.15) is 0 Å². The minimum atomic E-state index is -0.283. The van der Waals surface area contributed by atoms with Gasteiger partial charge in [0.1, 0.15) is 5.82 Å². The minimum absolute atomic E-state index is 0.134. The lowest BCUT2D eigenvalue weighted by Crippen LogP contribution is -2.07. The fourth-order valence-corrected chi connectivity index (χ4v) is 1.90. The summed E-state index contributed by atoms with van der Waals surface area (Å²) in [7, 11) is 0. The molecule has 0 aliphatic heterocycles. The van der Waals surface area contributed by atoms with Crippen LogP contribution in [-0.2, 0) is 4.79 Å². The van der Waals surface area contributed by atoms with Gasteiger partial charge in [-0.25, -0.2) is 4.39 Å². The molecule has 1 aliphatic rings. The Labute approximate surface area is 88.6 Å². The first-order valence-corrected chi connectivity index (χ1v) is 5.18. The van der Waals surface area contributed by atoms with Crippen molar-refractivity contribution >= 4 is 11.4 Å². The molecule has 0 amide bonds. The second-order valence-electron chi connectivity index (χ2n) is 3.89. The average Bonchev–Trinajstić information content (AvgIpc) is 2.23. The molecule has 0 unspecified atom stereocenters. The normalized spacial score (nSPS) is 16.4. The van der Waals surface area contributed by atoms with Crippen molar-refractivity contribution in [1.29, 1.82) is 0 Å². The molecule has 78 valence electrons. The molecule has 1 aromatic rings. The quantitative estimate of drug-likeness (QED) is 0.686. The molecule has 2 rings (SSSR count). The number of aryl methyl sites for hydroxylation is 1. The fourth-order valence-electron chi connectivity index (χ4n) is 1.90. The summed E-state index contributed by atoms with van der Waals surface area (Å²) in [4.78, 5) is 11.7. The van der Waals surface area contributed by atoms with E-state index in [2.05, 4.69) is 0 Å². The van der Waals surface area contributed by atoms with Crippen molar-refractivity contribution in [1.82, 2.24) is 0 Å². The third-order valence-corrected chi connectivity index (χ3v) is 2.75. The van der Waals surface area contributed by atoms with Crippen LogP contribution < -0.4 is 0 Å². The molecule has 1 aromatic carbocycles. The molecule has 0 saturated carbocycles. The van der Waals surface area contributed by atoms with Crippen LogP contribution in [0.3, 0.4) is 0 Å². The second kappa shape index (κ2) is 3.97. The van der Waals surface area contributed by atoms with Gasteiger partial charge < -0.3 is 0 Å². The van der Waals surface area contributed by atoms with Crippen LogP contribution in [0.5, 0.6) is 0 Å². The van der Waals surface area contributed by atoms with Gasteiger partial charge in [0.15, 0.2) is 5.78 Å². The Kier molecular flexibility index (Phi) is 2.67. The van der Waals surface area contributed by atoms with E-state index in [1.54, 1.807) is 6.07 Å². The van der Waals surface area contributed by atoms with E-state index < -0.39 is 0 Å². The summed E-state index contributed by atoms with van der Waals surface area (Å²) >= 11 is 0. The number of hydrogen-bond donors (Lipinski definition) is 0. The first-order chi connectivity index (χ1) is 7.18. The van der Waals surface area contributed by atoms with Gasteiger partial charge in [0.2, 0.25) is 0 Å². The Morgan fingerprint density at radius 2 is 2.13 bits per heavy atom. The topological polar surface area (TPSA) is 17.1 Å². The number of carbonyl (C=O) groups is 1. The SMILES string of the molecule is Cc1ccc(F)cc1C1=CCCCC1=O. The summed E-state index contributed by atoms with van der Waals surface area (Å²) in [5.74, 6) is -0.148. The van der Waals surface area contributed by atoms with Crippen molar-refractivity contribution < 1.29 is 9.18 Å². The summed E-state index contributed by atoms with van der Waals surface area (Å²) in [5, 5.41) is 0. The number of Topliss-reactive ketones (excluding diaryl/α,β-unsaturated/α-hetero) is 1. The highest BCUT2D eigenvalue weighted by Crippen LogP contribution is 2.26. The summed E-state index contributed by atoms with van der Waals surface area (Å²) in [6.45, 7) is 1.90. The molecule has 0 fully saturated rings. The Morgan fingerprint density at radius 1 is 1.33 bits per heavy atom. The zero-order chi connectivity index (χ0) is 10.8. The van der Waals surface area contributed by atoms with Crippen molar-refractivity contribution in [3.63, 3.8) is 0 Å². The molecule has 0 heterocycles. The predicted octanol–water partition coefficient (Wildman–Crippen LogP) is 3.27. The Hall–Kier alpha value is -1.44. The lowest BCUT2D eigenvalue weighted by molar-refractivity contribution is -0.114. The smallest absolute Gasteiger partial charge is 0.163 e. The largest absolute Gasteiger partial charge is 0.294 e. The molecule has 0 N–H and O–H groups in total. The van der Waals surface area contributed by atoms with Gasteiger partial charge in [0.25, 0.3) is 0 Å². The molecular weight excluding hydrogens is 191 g/mol. The molecular formula is C13H13FO. The summed E-state index contributed by atoms with van der Waals surface area (Å²) < 4.78 is 13.1. The van der Waals surface area contributed by atoms with Crippen LogP contribution in [0.1, 0.15) is 30.4 Å². The van der Waals surface area contributed by atoms with E-state index in [1.807, 2.05) is 13.0 Å². The Balaban J connectivity index is 2.48. The molecule has 0 atom stereocenters. The van der Waals surface area contributed by atoms with Crippen molar-refractivity contribution in [2.24, 2.45) is 0 Å². The number of hydrogen-bond acceptors (Lipinski definition) is 1. The monoisotopic (exact) mass is 204 g/mol. The maximum absolute atomic E-state index is 13.1. The van der Waals surface area contributed by atoms with Crippen LogP contribution >= 0.6 is 0 Å². The predicted molar refractivity (Wildman–Crippen MR) is 58.0 cm³/mol. The first kappa shape index (κ1) is 10.1. The molecule has 0 saturated heterocycles. The van der Waals surface area contributed by atoms with E-state index in [-0.39, 0.29) is 11.6 Å². The van der Waals surface area contributed by atoms with E-state index in [4.69, 9.17) is 0 Å². The maximum Gasteiger partial charge on any atom is 0.163 e. The number of carbonyl (C=O) groups excluding carboxylic acids is 1. The van der Waals surface area contributed by atoms with Crippen molar-refractivity contribution in [2.75, 3.05) is 0 Å². The molecule has 2 heteroatoms. The number of benzene rings is 1. The lowest BCUT2D eigenvalue weighted by Gasteiger charge is -2.13. The van der Waals surface area contributed by atoms with E-state index in [1.165, 1.54) is 12.1 Å². The summed E-state index contributed by atoms with van der Waals surface area (Å²) in [6, 6.07) is 4.59. The summed E-state index contributed by atoms with van der Waals surface area (Å²) in [6.07, 6.45) is 4.34. The highest BCUT2D eigenvalue weighted by atomic mass is 19.1. The zero-order valence-electron chi connectivity index (χ0n) is 8.72. The van der Waals surface area contributed by atoms with Crippen LogP contribution in [0.4, 0.5) is 4.39 Å². The van der Waals surface area contributed by atoms with Gasteiger partial charge >= 0.3 is 0 Å². The summed E-state index contributed by atoms with van der Waals surface area (Å²) in [5.41, 5.74) is 2.40. The van der Waals surface area contributed by atoms with E-state index in [9.17, 15) is 9.18 Å². The number of ketones is 1. The van der Waals surface area contributed by atoms with Gasteiger partial charge in [-0.3, -0.25) is 4.79 Å². The fraction of sp³-hybridized carbons (Fsp3) is 0.308. The Bertz CT molecular complexity index is 432. The van der Waals surface area contributed by atoms with Crippen LogP contribution in [-0.4, -0.2) is 5.78 Å². The van der Waals surface area contributed by atoms with Gasteiger partial charge in [-0.15, -0.1) is 0 Å². The van der Waals surface area contributed by atoms with Crippen LogP contribution in [0.2, 0.25) is 0 Å². The third kappa shape index (κ3) is 1.99. The van der Waals surface area contributed by atoms with Gasteiger partial charge in [-0.1, -0.05) is 12.1 Å². The molecule has 0 radical (unpaired) electrons. The molecule has 0 aromatic heterocycles. The van der Waals surface area contributed by atoms with Crippen LogP contribution in [0, 0.1) is 12.7 Å². The van der Waals surface area contributed by atoms with Gasteiger partial charge in [0.05, 0.1) is 0 Å². The molecule has 15 heavy (non-hydrogen) atoms. The standard InChI is InChI=1S/C13H13FO/c1-9-6-7-10(14)8-12(9)11-4-2-3-5-13(11)15/h4,6-8H,2-3,5H2,1H3. The van der Waals surface area contributed by atoms with Crippen LogP contribution in [0.15, 0.2) is 24.3 Å². The van der Waals surface area contributed by atoms with Crippen molar-refractivity contribution in [3.8, 4) is 0 Å².